The van der Waals surface area contributed by atoms with Gasteiger partial charge in [-0.05, 0) is 63.1 Å². The fraction of sp³-hybridized carbons (Fsp3) is 0.413. The van der Waals surface area contributed by atoms with Gasteiger partial charge in [-0.3, -0.25) is 20.1 Å². The molecular formula is C46H64N6O8. The summed E-state index contributed by atoms with van der Waals surface area (Å²) in [5.74, 6) is 0.288. The topological polar surface area (TPSA) is 165 Å². The molecule has 0 radical (unpaired) electrons. The molecule has 4 aromatic rings. The molecule has 0 bridgehead atoms. The standard InChI is InChI=1S/C12H16N2O.C11H14N2O.C9H18N2O2.2C7H8O2/c1-10-9-14(8-7-13-10)12(15)11-5-3-2-4-6-11;14-11(10-4-2-1-3-5-10)13-8-6-12-7-9-13;1-9(2,3)13-8(12)11-6-4-10-5-7-11;2*8-9-6-7-4-2-1-3-5-7/h2-6,10,13H,7-9H2,1H3;1-5,12H,6-9H2;10H,4-7H2,1-3H3;2*1-5,8H,6H2/t10-;;;;/m1..../s1. The summed E-state index contributed by atoms with van der Waals surface area (Å²) in [4.78, 5) is 48.8. The lowest BCUT2D eigenvalue weighted by molar-refractivity contribution is -0.253. The predicted octanol–water partition coefficient (Wildman–Crippen LogP) is 6.03. The summed E-state index contributed by atoms with van der Waals surface area (Å²) in [6.07, 6.45) is -0.200. The van der Waals surface area contributed by atoms with Gasteiger partial charge >= 0.3 is 6.09 Å². The third kappa shape index (κ3) is 20.2. The summed E-state index contributed by atoms with van der Waals surface area (Å²) in [5.41, 5.74) is 3.13. The van der Waals surface area contributed by atoms with Crippen LogP contribution in [0.2, 0.25) is 0 Å². The summed E-state index contributed by atoms with van der Waals surface area (Å²) < 4.78 is 5.24. The summed E-state index contributed by atoms with van der Waals surface area (Å²) in [7, 11) is 0. The third-order valence-corrected chi connectivity index (χ3v) is 9.02. The molecule has 3 aliphatic rings. The van der Waals surface area contributed by atoms with Gasteiger partial charge in [0.25, 0.3) is 11.8 Å². The van der Waals surface area contributed by atoms with E-state index < -0.39 is 0 Å². The maximum atomic E-state index is 12.0. The van der Waals surface area contributed by atoms with Crippen molar-refractivity contribution in [1.82, 2.24) is 30.7 Å². The predicted molar refractivity (Wildman–Crippen MR) is 233 cm³/mol. The molecular weight excluding hydrogens is 765 g/mol. The van der Waals surface area contributed by atoms with Crippen molar-refractivity contribution in [3.8, 4) is 0 Å². The van der Waals surface area contributed by atoms with Crippen LogP contribution in [-0.2, 0) is 27.7 Å². The second kappa shape index (κ2) is 28.3. The highest BCUT2D eigenvalue weighted by molar-refractivity contribution is 5.94. The summed E-state index contributed by atoms with van der Waals surface area (Å²) in [5, 5.41) is 25.8. The number of rotatable bonds is 6. The van der Waals surface area contributed by atoms with Crippen LogP contribution < -0.4 is 16.0 Å². The minimum Gasteiger partial charge on any atom is -0.444 e. The van der Waals surface area contributed by atoms with Gasteiger partial charge in [0, 0.05) is 89.2 Å². The van der Waals surface area contributed by atoms with Crippen LogP contribution >= 0.6 is 0 Å². The Bertz CT molecular complexity index is 1700. The number of nitrogens with one attached hydrogen (secondary N) is 3. The molecule has 14 heteroatoms. The smallest absolute Gasteiger partial charge is 0.410 e. The second-order valence-electron chi connectivity index (χ2n) is 15.1. The number of ether oxygens (including phenoxy) is 1. The molecule has 3 saturated heterocycles. The summed E-state index contributed by atoms with van der Waals surface area (Å²) in [6, 6.07) is 38.3. The molecule has 60 heavy (non-hydrogen) atoms. The van der Waals surface area contributed by atoms with Crippen molar-refractivity contribution in [2.45, 2.75) is 52.6 Å². The summed E-state index contributed by atoms with van der Waals surface area (Å²) in [6.45, 7) is 17.4. The first kappa shape index (κ1) is 49.2. The van der Waals surface area contributed by atoms with Crippen LogP contribution in [0, 0.1) is 0 Å². The molecule has 0 unspecified atom stereocenters. The zero-order valence-electron chi connectivity index (χ0n) is 35.5. The molecule has 14 nitrogen and oxygen atoms in total. The lowest BCUT2D eigenvalue weighted by Crippen LogP contribution is -2.51. The van der Waals surface area contributed by atoms with Crippen LogP contribution in [0.3, 0.4) is 0 Å². The van der Waals surface area contributed by atoms with Crippen molar-refractivity contribution in [3.63, 3.8) is 0 Å². The SMILES string of the molecule is CC(C)(C)OC(=O)N1CCNCC1.C[C@@H]1CN(C(=O)c2ccccc2)CCN1.O=C(c1ccccc1)N1CCNCC1.OOCc1ccccc1.OOCc1ccccc1. The highest BCUT2D eigenvalue weighted by Gasteiger charge is 2.23. The maximum absolute atomic E-state index is 12.0. The second-order valence-corrected chi connectivity index (χ2v) is 15.1. The maximum Gasteiger partial charge on any atom is 0.410 e. The first-order valence-electron chi connectivity index (χ1n) is 20.4. The molecule has 7 rings (SSSR count). The van der Waals surface area contributed by atoms with E-state index in [1.54, 1.807) is 4.90 Å². The molecule has 326 valence electrons. The third-order valence-electron chi connectivity index (χ3n) is 9.02. The van der Waals surface area contributed by atoms with E-state index in [0.717, 1.165) is 94.2 Å². The van der Waals surface area contributed by atoms with Gasteiger partial charge in [-0.15, -0.1) is 0 Å². The molecule has 3 aliphatic heterocycles. The zero-order valence-corrected chi connectivity index (χ0v) is 35.5. The largest absolute Gasteiger partial charge is 0.444 e. The zero-order chi connectivity index (χ0) is 43.4. The number of amides is 3. The van der Waals surface area contributed by atoms with E-state index in [4.69, 9.17) is 15.3 Å². The number of benzene rings is 4. The van der Waals surface area contributed by atoms with Gasteiger partial charge in [0.05, 0.1) is 0 Å². The fourth-order valence-electron chi connectivity index (χ4n) is 5.98. The van der Waals surface area contributed by atoms with Crippen molar-refractivity contribution in [3.05, 3.63) is 144 Å². The van der Waals surface area contributed by atoms with Gasteiger partial charge in [0.2, 0.25) is 0 Å². The molecule has 5 N–H and O–H groups in total. The number of nitrogens with zero attached hydrogens (tertiary/aromatic N) is 3. The van der Waals surface area contributed by atoms with E-state index in [1.165, 1.54) is 0 Å². The van der Waals surface area contributed by atoms with Gasteiger partial charge in [0.15, 0.2) is 0 Å². The Morgan fingerprint density at radius 2 is 0.933 bits per heavy atom. The number of carbonyl (C=O) groups excluding carboxylic acids is 3. The number of hydrogen-bond donors (Lipinski definition) is 5. The molecule has 0 spiro atoms. The highest BCUT2D eigenvalue weighted by Crippen LogP contribution is 2.11. The highest BCUT2D eigenvalue weighted by atomic mass is 17.1. The fourth-order valence-corrected chi connectivity index (χ4v) is 5.98. The van der Waals surface area contributed by atoms with Gasteiger partial charge in [-0.2, -0.15) is 0 Å². The quantitative estimate of drug-likeness (QED) is 0.114. The molecule has 0 aliphatic carbocycles. The van der Waals surface area contributed by atoms with Gasteiger partial charge in [0.1, 0.15) is 18.8 Å². The van der Waals surface area contributed by atoms with Crippen LogP contribution in [0.15, 0.2) is 121 Å². The first-order chi connectivity index (χ1) is 29.0. The molecule has 3 amide bonds. The Labute approximate surface area is 355 Å². The molecule has 4 aromatic carbocycles. The van der Waals surface area contributed by atoms with Crippen molar-refractivity contribution in [2.75, 3.05) is 72.0 Å². The molecule has 0 saturated carbocycles. The van der Waals surface area contributed by atoms with Crippen molar-refractivity contribution >= 4 is 17.9 Å². The lowest BCUT2D eigenvalue weighted by Gasteiger charge is -2.31. The van der Waals surface area contributed by atoms with Crippen molar-refractivity contribution in [1.29, 1.82) is 0 Å². The van der Waals surface area contributed by atoms with Crippen LogP contribution in [0.1, 0.15) is 59.5 Å². The summed E-state index contributed by atoms with van der Waals surface area (Å²) >= 11 is 0. The van der Waals surface area contributed by atoms with E-state index in [-0.39, 0.29) is 36.7 Å². The van der Waals surface area contributed by atoms with E-state index in [2.05, 4.69) is 32.6 Å². The Hall–Kier alpha value is -5.19. The average molecular weight is 829 g/mol. The first-order valence-corrected chi connectivity index (χ1v) is 20.4. The van der Waals surface area contributed by atoms with Gasteiger partial charge in [-0.25, -0.2) is 14.6 Å². The Morgan fingerprint density at radius 1 is 0.567 bits per heavy atom. The Morgan fingerprint density at radius 3 is 1.32 bits per heavy atom. The van der Waals surface area contributed by atoms with Crippen molar-refractivity contribution in [2.24, 2.45) is 0 Å². The molecule has 1 atom stereocenters. The molecule has 3 fully saturated rings. The monoisotopic (exact) mass is 828 g/mol. The van der Waals surface area contributed by atoms with Crippen LogP contribution in [0.4, 0.5) is 4.79 Å². The van der Waals surface area contributed by atoms with Gasteiger partial charge in [-0.1, -0.05) is 97.1 Å². The van der Waals surface area contributed by atoms with E-state index in [0.29, 0.717) is 6.04 Å². The van der Waals surface area contributed by atoms with E-state index in [9.17, 15) is 14.4 Å². The number of carbonyl (C=O) groups is 3. The molecule has 0 aromatic heterocycles. The number of hydrogen-bond acceptors (Lipinski definition) is 11. The Balaban J connectivity index is 0.000000203. The van der Waals surface area contributed by atoms with E-state index >= 15 is 0 Å². The minimum atomic E-state index is -0.387. The van der Waals surface area contributed by atoms with Crippen molar-refractivity contribution < 1.29 is 39.4 Å². The average Bonchev–Trinajstić information content (AvgIpc) is 3.28. The normalized spacial score (nSPS) is 16.1. The van der Waals surface area contributed by atoms with E-state index in [1.807, 2.05) is 152 Å². The number of piperazine rings is 3. The minimum absolute atomic E-state index is 0.143. The van der Waals surface area contributed by atoms with Crippen LogP contribution in [-0.4, -0.2) is 127 Å². The van der Waals surface area contributed by atoms with Crippen LogP contribution in [0.25, 0.3) is 0 Å². The lowest BCUT2D eigenvalue weighted by atomic mass is 10.1. The Kier molecular flexibility index (Phi) is 23.2. The van der Waals surface area contributed by atoms with Crippen LogP contribution in [0.5, 0.6) is 0 Å². The molecule has 3 heterocycles. The van der Waals surface area contributed by atoms with Gasteiger partial charge < -0.3 is 35.4 Å².